The quantitative estimate of drug-likeness (QED) is 0.0735. The van der Waals surface area contributed by atoms with E-state index in [9.17, 15) is 4.57 Å². The molecule has 1 aromatic rings. The monoisotopic (exact) mass is 550 g/mol. The topological polar surface area (TPSA) is 35.5 Å². The van der Waals surface area contributed by atoms with E-state index in [4.69, 9.17) is 9.05 Å². The lowest BCUT2D eigenvalue weighted by Crippen LogP contribution is -2.11. The summed E-state index contributed by atoms with van der Waals surface area (Å²) < 4.78 is 25.5. The molecule has 0 atom stereocenters. The van der Waals surface area contributed by atoms with Crippen LogP contribution in [0, 0.1) is 0 Å². The lowest BCUT2D eigenvalue weighted by Gasteiger charge is -2.19. The zero-order valence-corrected chi connectivity index (χ0v) is 26.3. The van der Waals surface area contributed by atoms with Gasteiger partial charge in [0.15, 0.2) is 0 Å². The van der Waals surface area contributed by atoms with Gasteiger partial charge in [0.2, 0.25) is 0 Å². The zero-order chi connectivity index (χ0) is 27.4. The van der Waals surface area contributed by atoms with Crippen LogP contribution in [0.5, 0.6) is 0 Å². The van der Waals surface area contributed by atoms with Crippen molar-refractivity contribution in [2.24, 2.45) is 0 Å². The summed E-state index contributed by atoms with van der Waals surface area (Å²) >= 11 is 0. The fraction of sp³-hybridized carbons (Fsp3) is 0.824. The van der Waals surface area contributed by atoms with Gasteiger partial charge in [-0.05, 0) is 25.0 Å². The lowest BCUT2D eigenvalue weighted by atomic mass is 10.1. The fourth-order valence-electron chi connectivity index (χ4n) is 5.05. The molecule has 0 N–H and O–H groups in total. The molecule has 222 valence electrons. The molecule has 38 heavy (non-hydrogen) atoms. The first-order chi connectivity index (χ1) is 18.7. The van der Waals surface area contributed by atoms with Crippen LogP contribution in [0.4, 0.5) is 0 Å². The maximum absolute atomic E-state index is 13.6. The molecule has 0 aromatic heterocycles. The number of hydrogen-bond acceptors (Lipinski definition) is 3. The average molecular weight is 551 g/mol. The SMILES string of the molecule is CCCCCCCCCCCCCCOP(=O)(OCCCCCCCCCCCCCC)c1ccccc1. The van der Waals surface area contributed by atoms with Crippen LogP contribution >= 0.6 is 7.60 Å². The van der Waals surface area contributed by atoms with Crippen LogP contribution in [0.2, 0.25) is 0 Å². The Labute approximate surface area is 237 Å². The summed E-state index contributed by atoms with van der Waals surface area (Å²) in [4.78, 5) is 0. The first-order valence-electron chi connectivity index (χ1n) is 16.7. The van der Waals surface area contributed by atoms with Gasteiger partial charge in [-0.15, -0.1) is 0 Å². The van der Waals surface area contributed by atoms with Crippen molar-refractivity contribution in [3.05, 3.63) is 30.3 Å². The van der Waals surface area contributed by atoms with Gasteiger partial charge in [-0.25, -0.2) is 0 Å². The summed E-state index contributed by atoms with van der Waals surface area (Å²) in [5.41, 5.74) is 0. The van der Waals surface area contributed by atoms with Crippen molar-refractivity contribution in [1.82, 2.24) is 0 Å². The average Bonchev–Trinajstić information content (AvgIpc) is 2.94. The predicted octanol–water partition coefficient (Wildman–Crippen LogP) is 11.9. The molecule has 0 spiro atoms. The molecule has 0 unspecified atom stereocenters. The standard InChI is InChI=1S/C34H63O3P/c1-3-5-7-9-11-13-15-17-19-21-23-28-32-36-38(35,34-30-26-25-27-31-34)37-33-29-24-22-20-18-16-14-12-10-8-6-4-2/h25-27,30-31H,3-24,28-29,32-33H2,1-2H3. The molecule has 0 heterocycles. The first kappa shape index (κ1) is 35.4. The van der Waals surface area contributed by atoms with Gasteiger partial charge in [-0.2, -0.15) is 0 Å². The second kappa shape index (κ2) is 26.6. The summed E-state index contributed by atoms with van der Waals surface area (Å²) in [7, 11) is -3.24. The Balaban J connectivity index is 2.11. The first-order valence-corrected chi connectivity index (χ1v) is 18.2. The van der Waals surface area contributed by atoms with Crippen LogP contribution in [0.1, 0.15) is 168 Å². The van der Waals surface area contributed by atoms with Crippen molar-refractivity contribution in [2.75, 3.05) is 13.2 Å². The van der Waals surface area contributed by atoms with Crippen LogP contribution in [0.25, 0.3) is 0 Å². The second-order valence-electron chi connectivity index (χ2n) is 11.3. The van der Waals surface area contributed by atoms with Crippen LogP contribution in [0.3, 0.4) is 0 Å². The van der Waals surface area contributed by atoms with Gasteiger partial charge in [0, 0.05) is 0 Å². The fourth-order valence-corrected chi connectivity index (χ4v) is 6.70. The van der Waals surface area contributed by atoms with Gasteiger partial charge < -0.3 is 9.05 Å². The number of hydrogen-bond donors (Lipinski definition) is 0. The van der Waals surface area contributed by atoms with Gasteiger partial charge in [0.1, 0.15) is 0 Å². The highest BCUT2D eigenvalue weighted by atomic mass is 31.2. The molecule has 0 aliphatic heterocycles. The Morgan fingerprint density at radius 2 is 0.737 bits per heavy atom. The Morgan fingerprint density at radius 1 is 0.447 bits per heavy atom. The van der Waals surface area contributed by atoms with Crippen molar-refractivity contribution in [3.63, 3.8) is 0 Å². The van der Waals surface area contributed by atoms with E-state index < -0.39 is 7.60 Å². The minimum absolute atomic E-state index is 0.516. The summed E-state index contributed by atoms with van der Waals surface area (Å²) in [6, 6.07) is 9.55. The Hall–Kier alpha value is -0.630. The summed E-state index contributed by atoms with van der Waals surface area (Å²) in [5.74, 6) is 0. The lowest BCUT2D eigenvalue weighted by molar-refractivity contribution is 0.206. The Kier molecular flexibility index (Phi) is 24.8. The summed E-state index contributed by atoms with van der Waals surface area (Å²) in [6.07, 6.45) is 31.4. The van der Waals surface area contributed by atoms with Gasteiger partial charge in [0.25, 0.3) is 0 Å². The van der Waals surface area contributed by atoms with Crippen molar-refractivity contribution >= 4 is 12.9 Å². The highest BCUT2D eigenvalue weighted by Gasteiger charge is 2.27. The van der Waals surface area contributed by atoms with Crippen LogP contribution in [0.15, 0.2) is 30.3 Å². The van der Waals surface area contributed by atoms with Gasteiger partial charge in [0.05, 0.1) is 18.5 Å². The molecule has 1 rings (SSSR count). The minimum Gasteiger partial charge on any atom is -0.305 e. The molecule has 0 aliphatic carbocycles. The maximum Gasteiger partial charge on any atom is 0.361 e. The molecule has 0 amide bonds. The number of rotatable bonds is 29. The molecule has 0 radical (unpaired) electrons. The zero-order valence-electron chi connectivity index (χ0n) is 25.4. The second-order valence-corrected chi connectivity index (χ2v) is 13.3. The molecule has 0 fully saturated rings. The number of unbranched alkanes of at least 4 members (excludes halogenated alkanes) is 22. The Morgan fingerprint density at radius 3 is 1.05 bits per heavy atom. The molecular weight excluding hydrogens is 487 g/mol. The van der Waals surface area contributed by atoms with Crippen molar-refractivity contribution in [2.45, 2.75) is 168 Å². The van der Waals surface area contributed by atoms with Crippen LogP contribution in [-0.2, 0) is 13.6 Å². The van der Waals surface area contributed by atoms with Crippen LogP contribution < -0.4 is 5.30 Å². The van der Waals surface area contributed by atoms with Crippen molar-refractivity contribution in [3.8, 4) is 0 Å². The molecule has 4 heteroatoms. The van der Waals surface area contributed by atoms with Crippen molar-refractivity contribution < 1.29 is 13.6 Å². The summed E-state index contributed by atoms with van der Waals surface area (Å²) in [6.45, 7) is 5.59. The third kappa shape index (κ3) is 20.3. The van der Waals surface area contributed by atoms with Crippen molar-refractivity contribution in [1.29, 1.82) is 0 Å². The molecule has 0 bridgehead atoms. The van der Waals surface area contributed by atoms with E-state index in [0.717, 1.165) is 25.7 Å². The third-order valence-corrected chi connectivity index (χ3v) is 9.57. The van der Waals surface area contributed by atoms with E-state index >= 15 is 0 Å². The van der Waals surface area contributed by atoms with E-state index in [1.807, 2.05) is 30.3 Å². The predicted molar refractivity (Wildman–Crippen MR) is 168 cm³/mol. The largest absolute Gasteiger partial charge is 0.361 e. The molecule has 0 saturated heterocycles. The molecule has 3 nitrogen and oxygen atoms in total. The Bertz CT molecular complexity index is 614. The van der Waals surface area contributed by atoms with E-state index in [1.54, 1.807) is 0 Å². The molecule has 0 aliphatic rings. The van der Waals surface area contributed by atoms with Gasteiger partial charge in [-0.1, -0.05) is 173 Å². The normalized spacial score (nSPS) is 11.8. The van der Waals surface area contributed by atoms with Gasteiger partial charge in [-0.3, -0.25) is 4.57 Å². The van der Waals surface area contributed by atoms with Crippen LogP contribution in [-0.4, -0.2) is 13.2 Å². The van der Waals surface area contributed by atoms with Gasteiger partial charge >= 0.3 is 7.60 Å². The highest BCUT2D eigenvalue weighted by molar-refractivity contribution is 7.62. The number of benzene rings is 1. The van der Waals surface area contributed by atoms with E-state index in [0.29, 0.717) is 18.5 Å². The minimum atomic E-state index is -3.24. The molecule has 1 aromatic carbocycles. The third-order valence-electron chi connectivity index (χ3n) is 7.59. The van der Waals surface area contributed by atoms with E-state index in [-0.39, 0.29) is 0 Å². The molecular formula is C34H63O3P. The highest BCUT2D eigenvalue weighted by Crippen LogP contribution is 2.47. The maximum atomic E-state index is 13.6. The van der Waals surface area contributed by atoms with E-state index in [2.05, 4.69) is 13.8 Å². The smallest absolute Gasteiger partial charge is 0.305 e. The summed E-state index contributed by atoms with van der Waals surface area (Å²) in [5, 5.41) is 0.692. The van der Waals surface area contributed by atoms with E-state index in [1.165, 1.54) is 128 Å². The molecule has 0 saturated carbocycles.